The molecule has 0 bridgehead atoms. The molecule has 2 aromatic heterocycles. The highest BCUT2D eigenvalue weighted by Crippen LogP contribution is 2.40. The van der Waals surface area contributed by atoms with Crippen molar-refractivity contribution in [3.05, 3.63) is 95.1 Å². The number of aliphatic hydroxyl groups is 1. The van der Waals surface area contributed by atoms with E-state index in [9.17, 15) is 14.7 Å². The van der Waals surface area contributed by atoms with E-state index in [1.54, 1.807) is 55.1 Å². The van der Waals surface area contributed by atoms with Crippen LogP contribution in [0, 0.1) is 12.8 Å². The fraction of sp³-hybridized carbons (Fsp3) is 0.259. The molecule has 1 atom stereocenters. The number of ether oxygens (including phenoxy) is 1. The minimum absolute atomic E-state index is 0.0547. The van der Waals surface area contributed by atoms with Gasteiger partial charge in [0.1, 0.15) is 11.5 Å². The third-order valence-electron chi connectivity index (χ3n) is 5.67. The van der Waals surface area contributed by atoms with Gasteiger partial charge in [-0.05, 0) is 65.9 Å². The highest BCUT2D eigenvalue weighted by Gasteiger charge is 2.46. The van der Waals surface area contributed by atoms with Crippen LogP contribution in [0.3, 0.4) is 0 Å². The lowest BCUT2D eigenvalue weighted by atomic mass is 9.94. The molecule has 1 N–H and O–H groups in total. The van der Waals surface area contributed by atoms with Crippen molar-refractivity contribution in [3.8, 4) is 5.75 Å². The average molecular weight is 458 g/mol. The Bertz CT molecular complexity index is 1220. The molecule has 0 radical (unpaired) electrons. The molecular formula is C27H27N3O4. The summed E-state index contributed by atoms with van der Waals surface area (Å²) >= 11 is 0. The number of amides is 1. The number of hydrogen-bond donors (Lipinski definition) is 1. The van der Waals surface area contributed by atoms with Gasteiger partial charge in [-0.1, -0.05) is 19.9 Å². The maximum absolute atomic E-state index is 13.2. The van der Waals surface area contributed by atoms with E-state index in [1.165, 1.54) is 4.90 Å². The summed E-state index contributed by atoms with van der Waals surface area (Å²) in [4.78, 5) is 35.9. The summed E-state index contributed by atoms with van der Waals surface area (Å²) in [7, 11) is 0. The predicted molar refractivity (Wildman–Crippen MR) is 128 cm³/mol. The van der Waals surface area contributed by atoms with Gasteiger partial charge in [0.25, 0.3) is 11.7 Å². The first kappa shape index (κ1) is 23.2. The second-order valence-electron chi connectivity index (χ2n) is 8.75. The maximum atomic E-state index is 13.2. The lowest BCUT2D eigenvalue weighted by Crippen LogP contribution is -2.29. The molecule has 7 heteroatoms. The lowest BCUT2D eigenvalue weighted by molar-refractivity contribution is -0.140. The average Bonchev–Trinajstić information content (AvgIpc) is 3.08. The van der Waals surface area contributed by atoms with Crippen LogP contribution in [0.15, 0.2) is 72.8 Å². The number of likely N-dealkylation sites (tertiary alicyclic amines) is 1. The minimum atomic E-state index is -0.750. The number of aliphatic hydroxyl groups excluding tert-OH is 1. The van der Waals surface area contributed by atoms with E-state index in [0.29, 0.717) is 29.4 Å². The Morgan fingerprint density at radius 3 is 2.50 bits per heavy atom. The molecule has 0 aliphatic carbocycles. The Hall–Kier alpha value is -4.00. The number of hydrogen-bond acceptors (Lipinski definition) is 6. The normalized spacial score (nSPS) is 17.4. The van der Waals surface area contributed by atoms with Gasteiger partial charge in [-0.15, -0.1) is 0 Å². The number of nitrogens with zero attached hydrogens (tertiary/aromatic N) is 3. The molecule has 1 aliphatic rings. The SMILES string of the molecule is Cc1cc(OCC(C)C)ccc1C(O)=C1C(=O)C(=O)N(Cc2cccnc2)[C@@H]1c1ccncc1. The Morgan fingerprint density at radius 2 is 1.85 bits per heavy atom. The number of aromatic nitrogens is 2. The highest BCUT2D eigenvalue weighted by molar-refractivity contribution is 6.46. The number of ketones is 1. The molecule has 174 valence electrons. The van der Waals surface area contributed by atoms with Crippen LogP contribution < -0.4 is 4.74 Å². The number of carbonyl (C=O) groups excluding carboxylic acids is 2. The number of carbonyl (C=O) groups is 2. The van der Waals surface area contributed by atoms with Crippen molar-refractivity contribution < 1.29 is 19.4 Å². The van der Waals surface area contributed by atoms with Crippen LogP contribution in [-0.4, -0.2) is 38.3 Å². The molecule has 1 saturated heterocycles. The summed E-state index contributed by atoms with van der Waals surface area (Å²) in [5, 5.41) is 11.3. The molecule has 1 aliphatic heterocycles. The Kier molecular flexibility index (Phi) is 6.72. The second-order valence-corrected chi connectivity index (χ2v) is 8.75. The summed E-state index contributed by atoms with van der Waals surface area (Å²) in [5.41, 5.74) is 2.75. The summed E-state index contributed by atoms with van der Waals surface area (Å²) in [5.74, 6) is -0.527. The van der Waals surface area contributed by atoms with Crippen molar-refractivity contribution in [3.63, 3.8) is 0 Å². The number of aryl methyl sites for hydroxylation is 1. The van der Waals surface area contributed by atoms with E-state index in [0.717, 1.165) is 11.1 Å². The quantitative estimate of drug-likeness (QED) is 0.320. The lowest BCUT2D eigenvalue weighted by Gasteiger charge is -2.25. The van der Waals surface area contributed by atoms with Crippen molar-refractivity contribution >= 4 is 17.4 Å². The number of Topliss-reactive ketones (excluding diaryl/α,β-unsaturated/α-hetero) is 1. The molecule has 0 unspecified atom stereocenters. The van der Waals surface area contributed by atoms with Crippen molar-refractivity contribution in [2.24, 2.45) is 5.92 Å². The Morgan fingerprint density at radius 1 is 1.09 bits per heavy atom. The van der Waals surface area contributed by atoms with Gasteiger partial charge in [-0.25, -0.2) is 0 Å². The summed E-state index contributed by atoms with van der Waals surface area (Å²) in [6, 6.07) is 11.7. The van der Waals surface area contributed by atoms with Gasteiger partial charge in [0.2, 0.25) is 0 Å². The van der Waals surface area contributed by atoms with Crippen molar-refractivity contribution in [1.82, 2.24) is 14.9 Å². The molecule has 4 rings (SSSR count). The fourth-order valence-corrected chi connectivity index (χ4v) is 4.02. The third kappa shape index (κ3) is 4.69. The Balaban J connectivity index is 1.78. The zero-order chi connectivity index (χ0) is 24.2. The standard InChI is InChI=1S/C27H27N3O4/c1-17(2)16-34-21-6-7-22(18(3)13-21)25(31)23-24(20-8-11-28-12-9-20)30(27(33)26(23)32)15-19-5-4-10-29-14-19/h4-14,17,24,31H,15-16H2,1-3H3/t24-/m1/s1. The molecule has 0 spiro atoms. The van der Waals surface area contributed by atoms with Crippen LogP contribution in [0.5, 0.6) is 5.75 Å². The first-order valence-electron chi connectivity index (χ1n) is 11.2. The van der Waals surface area contributed by atoms with Crippen molar-refractivity contribution in [1.29, 1.82) is 0 Å². The zero-order valence-electron chi connectivity index (χ0n) is 19.4. The van der Waals surface area contributed by atoms with Crippen LogP contribution >= 0.6 is 0 Å². The van der Waals surface area contributed by atoms with E-state index in [-0.39, 0.29) is 17.9 Å². The van der Waals surface area contributed by atoms with E-state index in [2.05, 4.69) is 23.8 Å². The van der Waals surface area contributed by atoms with Gasteiger partial charge in [0.15, 0.2) is 0 Å². The maximum Gasteiger partial charge on any atom is 0.295 e. The fourth-order valence-electron chi connectivity index (χ4n) is 4.02. The van der Waals surface area contributed by atoms with Crippen LogP contribution in [0.2, 0.25) is 0 Å². The van der Waals surface area contributed by atoms with Gasteiger partial charge in [0.05, 0.1) is 18.2 Å². The second kappa shape index (κ2) is 9.87. The summed E-state index contributed by atoms with van der Waals surface area (Å²) in [6.45, 7) is 6.73. The number of pyridine rings is 2. The minimum Gasteiger partial charge on any atom is -0.507 e. The van der Waals surface area contributed by atoms with E-state index in [4.69, 9.17) is 4.74 Å². The molecule has 7 nitrogen and oxygen atoms in total. The number of rotatable bonds is 7. The molecule has 0 saturated carbocycles. The van der Waals surface area contributed by atoms with Gasteiger partial charge in [0, 0.05) is 36.9 Å². The molecule has 3 aromatic rings. The molecule has 1 fully saturated rings. The van der Waals surface area contributed by atoms with Crippen LogP contribution in [-0.2, 0) is 16.1 Å². The van der Waals surface area contributed by atoms with Crippen molar-refractivity contribution in [2.75, 3.05) is 6.61 Å². The van der Waals surface area contributed by atoms with Gasteiger partial charge >= 0.3 is 0 Å². The molecule has 1 amide bonds. The van der Waals surface area contributed by atoms with Crippen LogP contribution in [0.1, 0.15) is 42.1 Å². The van der Waals surface area contributed by atoms with E-state index < -0.39 is 17.7 Å². The van der Waals surface area contributed by atoms with E-state index >= 15 is 0 Å². The molecule has 3 heterocycles. The number of benzene rings is 1. The van der Waals surface area contributed by atoms with Crippen LogP contribution in [0.4, 0.5) is 0 Å². The van der Waals surface area contributed by atoms with Crippen molar-refractivity contribution in [2.45, 2.75) is 33.4 Å². The van der Waals surface area contributed by atoms with Gasteiger partial charge in [-0.2, -0.15) is 0 Å². The van der Waals surface area contributed by atoms with Gasteiger partial charge < -0.3 is 14.7 Å². The smallest absolute Gasteiger partial charge is 0.295 e. The molecule has 1 aromatic carbocycles. The topological polar surface area (TPSA) is 92.6 Å². The van der Waals surface area contributed by atoms with Crippen LogP contribution in [0.25, 0.3) is 5.76 Å². The van der Waals surface area contributed by atoms with E-state index in [1.807, 2.05) is 19.1 Å². The molecule has 34 heavy (non-hydrogen) atoms. The summed E-state index contributed by atoms with van der Waals surface area (Å²) in [6.07, 6.45) is 6.51. The zero-order valence-corrected chi connectivity index (χ0v) is 19.4. The highest BCUT2D eigenvalue weighted by atomic mass is 16.5. The Labute approximate surface area is 198 Å². The third-order valence-corrected chi connectivity index (χ3v) is 5.67. The monoisotopic (exact) mass is 457 g/mol. The first-order valence-corrected chi connectivity index (χ1v) is 11.2. The predicted octanol–water partition coefficient (Wildman–Crippen LogP) is 4.44. The van der Waals surface area contributed by atoms with Gasteiger partial charge in [-0.3, -0.25) is 19.6 Å². The largest absolute Gasteiger partial charge is 0.507 e. The first-order chi connectivity index (χ1) is 16.4. The summed E-state index contributed by atoms with van der Waals surface area (Å²) < 4.78 is 5.78. The molecular weight excluding hydrogens is 430 g/mol.